The Morgan fingerprint density at radius 1 is 1.08 bits per heavy atom. The van der Waals surface area contributed by atoms with Gasteiger partial charge in [0.15, 0.2) is 0 Å². The average molecular weight is 364 g/mol. The first-order valence-electron chi connectivity index (χ1n) is 7.94. The highest BCUT2D eigenvalue weighted by Crippen LogP contribution is 2.29. The lowest BCUT2D eigenvalue weighted by Gasteiger charge is -2.12. The molecular weight excluding hydrogens is 342 g/mol. The molecule has 2 aromatic carbocycles. The van der Waals surface area contributed by atoms with E-state index in [1.807, 2.05) is 19.1 Å². The van der Waals surface area contributed by atoms with Crippen LogP contribution in [0.3, 0.4) is 0 Å². The Bertz CT molecular complexity index is 733. The van der Waals surface area contributed by atoms with Crippen LogP contribution in [0.1, 0.15) is 18.4 Å². The normalized spacial score (nSPS) is 10.2. The Hall–Kier alpha value is -2.40. The Labute approximate surface area is 152 Å². The molecule has 0 bridgehead atoms. The fraction of sp³-hybridized carbons (Fsp3) is 0.316. The molecule has 0 fully saturated rings. The van der Waals surface area contributed by atoms with Crippen LogP contribution in [0, 0.1) is 6.92 Å². The minimum absolute atomic E-state index is 0.0973. The summed E-state index contributed by atoms with van der Waals surface area (Å²) in [6.07, 6.45) is 0.953. The summed E-state index contributed by atoms with van der Waals surface area (Å²) in [6.45, 7) is 2.39. The van der Waals surface area contributed by atoms with Gasteiger partial charge in [0.1, 0.15) is 17.2 Å². The van der Waals surface area contributed by atoms with Crippen molar-refractivity contribution in [1.29, 1.82) is 0 Å². The number of hydrogen-bond donors (Lipinski definition) is 1. The van der Waals surface area contributed by atoms with Gasteiger partial charge in [-0.05, 0) is 49.2 Å². The molecule has 0 saturated carbocycles. The van der Waals surface area contributed by atoms with Gasteiger partial charge in [-0.2, -0.15) is 0 Å². The molecule has 0 aliphatic carbocycles. The first kappa shape index (κ1) is 18.9. The Morgan fingerprint density at radius 2 is 1.88 bits per heavy atom. The molecule has 5 nitrogen and oxygen atoms in total. The number of aryl methyl sites for hydroxylation is 1. The summed E-state index contributed by atoms with van der Waals surface area (Å²) in [7, 11) is 3.13. The summed E-state index contributed by atoms with van der Waals surface area (Å²) in [5, 5.41) is 3.52. The molecule has 0 unspecified atom stereocenters. The highest BCUT2D eigenvalue weighted by Gasteiger charge is 2.09. The number of rotatable bonds is 8. The molecule has 25 heavy (non-hydrogen) atoms. The van der Waals surface area contributed by atoms with Crippen LogP contribution < -0.4 is 19.5 Å². The lowest BCUT2D eigenvalue weighted by Crippen LogP contribution is -2.13. The largest absolute Gasteiger partial charge is 0.497 e. The van der Waals surface area contributed by atoms with Crippen molar-refractivity contribution in [1.82, 2.24) is 0 Å². The topological polar surface area (TPSA) is 56.8 Å². The number of carbonyl (C=O) groups is 1. The van der Waals surface area contributed by atoms with Crippen molar-refractivity contribution in [3.05, 3.63) is 47.0 Å². The first-order valence-corrected chi connectivity index (χ1v) is 8.32. The van der Waals surface area contributed by atoms with Gasteiger partial charge in [0, 0.05) is 17.5 Å². The standard InChI is InChI=1S/C19H22ClNO4/c1-13-11-14(20)6-9-17(13)25-10-4-5-19(22)21-16-8-7-15(23-2)12-18(16)24-3/h6-9,11-12H,4-5,10H2,1-3H3,(H,21,22). The second-order valence-corrected chi connectivity index (χ2v) is 5.91. The van der Waals surface area contributed by atoms with Gasteiger partial charge in [0.05, 0.1) is 26.5 Å². The van der Waals surface area contributed by atoms with E-state index < -0.39 is 0 Å². The molecule has 0 aliphatic heterocycles. The Kier molecular flexibility index (Phi) is 6.95. The molecule has 2 rings (SSSR count). The molecule has 2 aromatic rings. The number of benzene rings is 2. The van der Waals surface area contributed by atoms with Crippen molar-refractivity contribution < 1.29 is 19.0 Å². The molecule has 1 amide bonds. The first-order chi connectivity index (χ1) is 12.0. The molecule has 6 heteroatoms. The maximum Gasteiger partial charge on any atom is 0.224 e. The zero-order valence-corrected chi connectivity index (χ0v) is 15.4. The smallest absolute Gasteiger partial charge is 0.224 e. The van der Waals surface area contributed by atoms with E-state index in [-0.39, 0.29) is 5.91 Å². The summed E-state index contributed by atoms with van der Waals surface area (Å²) < 4.78 is 16.1. The number of nitrogens with one attached hydrogen (secondary N) is 1. The number of hydrogen-bond acceptors (Lipinski definition) is 4. The van der Waals surface area contributed by atoms with Crippen LogP contribution in [0.4, 0.5) is 5.69 Å². The molecule has 0 saturated heterocycles. The van der Waals surface area contributed by atoms with Gasteiger partial charge in [-0.1, -0.05) is 11.6 Å². The highest BCUT2D eigenvalue weighted by atomic mass is 35.5. The van der Waals surface area contributed by atoms with Gasteiger partial charge >= 0.3 is 0 Å². The third-order valence-corrected chi connectivity index (χ3v) is 3.86. The predicted molar refractivity (Wildman–Crippen MR) is 99.1 cm³/mol. The van der Waals surface area contributed by atoms with E-state index >= 15 is 0 Å². The summed E-state index contributed by atoms with van der Waals surface area (Å²) in [5.74, 6) is 1.91. The van der Waals surface area contributed by atoms with Crippen LogP contribution in [0.5, 0.6) is 17.2 Å². The van der Waals surface area contributed by atoms with Gasteiger partial charge in [0.2, 0.25) is 5.91 Å². The summed E-state index contributed by atoms with van der Waals surface area (Å²) in [4.78, 5) is 12.1. The maximum atomic E-state index is 12.1. The van der Waals surface area contributed by atoms with E-state index in [1.165, 1.54) is 0 Å². The molecule has 0 spiro atoms. The molecule has 134 valence electrons. The predicted octanol–water partition coefficient (Wildman–Crippen LogP) is 4.46. The van der Waals surface area contributed by atoms with Crippen LogP contribution >= 0.6 is 11.6 Å². The fourth-order valence-corrected chi connectivity index (χ4v) is 2.53. The van der Waals surface area contributed by atoms with E-state index in [0.29, 0.717) is 41.7 Å². The van der Waals surface area contributed by atoms with Crippen LogP contribution in [-0.4, -0.2) is 26.7 Å². The van der Waals surface area contributed by atoms with Gasteiger partial charge in [0.25, 0.3) is 0 Å². The van der Waals surface area contributed by atoms with Crippen LogP contribution in [0.2, 0.25) is 5.02 Å². The lowest BCUT2D eigenvalue weighted by atomic mass is 10.2. The summed E-state index contributed by atoms with van der Waals surface area (Å²) in [5.41, 5.74) is 1.59. The van der Waals surface area contributed by atoms with Crippen LogP contribution in [0.15, 0.2) is 36.4 Å². The van der Waals surface area contributed by atoms with Crippen LogP contribution in [0.25, 0.3) is 0 Å². The summed E-state index contributed by atoms with van der Waals surface area (Å²) in [6, 6.07) is 10.7. The molecule has 0 aromatic heterocycles. The SMILES string of the molecule is COc1ccc(NC(=O)CCCOc2ccc(Cl)cc2C)c(OC)c1. The third-order valence-electron chi connectivity index (χ3n) is 3.63. The highest BCUT2D eigenvalue weighted by molar-refractivity contribution is 6.30. The van der Waals surface area contributed by atoms with Crippen LogP contribution in [-0.2, 0) is 4.79 Å². The van der Waals surface area contributed by atoms with Gasteiger partial charge in [-0.25, -0.2) is 0 Å². The van der Waals surface area contributed by atoms with E-state index in [9.17, 15) is 4.79 Å². The second-order valence-electron chi connectivity index (χ2n) is 5.48. The third kappa shape index (κ3) is 5.57. The molecule has 1 N–H and O–H groups in total. The quantitative estimate of drug-likeness (QED) is 0.703. The molecule has 0 atom stereocenters. The molecule has 0 aliphatic rings. The minimum atomic E-state index is -0.0973. The van der Waals surface area contributed by atoms with E-state index in [4.69, 9.17) is 25.8 Å². The molecule has 0 heterocycles. The van der Waals surface area contributed by atoms with E-state index in [2.05, 4.69) is 5.32 Å². The monoisotopic (exact) mass is 363 g/mol. The van der Waals surface area contributed by atoms with Gasteiger partial charge in [-0.15, -0.1) is 0 Å². The van der Waals surface area contributed by atoms with Crippen molar-refractivity contribution >= 4 is 23.2 Å². The Balaban J connectivity index is 1.81. The number of halogens is 1. The van der Waals surface area contributed by atoms with E-state index in [0.717, 1.165) is 11.3 Å². The van der Waals surface area contributed by atoms with Crippen molar-refractivity contribution in [2.75, 3.05) is 26.1 Å². The van der Waals surface area contributed by atoms with Crippen molar-refractivity contribution in [3.63, 3.8) is 0 Å². The zero-order valence-electron chi connectivity index (χ0n) is 14.6. The number of ether oxygens (including phenoxy) is 3. The van der Waals surface area contributed by atoms with Crippen molar-refractivity contribution in [3.8, 4) is 17.2 Å². The fourth-order valence-electron chi connectivity index (χ4n) is 2.30. The number of amides is 1. The minimum Gasteiger partial charge on any atom is -0.497 e. The van der Waals surface area contributed by atoms with Gasteiger partial charge in [-0.3, -0.25) is 4.79 Å². The lowest BCUT2D eigenvalue weighted by molar-refractivity contribution is -0.116. The molecule has 0 radical (unpaired) electrons. The van der Waals surface area contributed by atoms with Crippen molar-refractivity contribution in [2.45, 2.75) is 19.8 Å². The number of methoxy groups -OCH3 is 2. The number of carbonyl (C=O) groups excluding carboxylic acids is 1. The number of anilines is 1. The average Bonchev–Trinajstić information content (AvgIpc) is 2.60. The second kappa shape index (κ2) is 9.18. The van der Waals surface area contributed by atoms with E-state index in [1.54, 1.807) is 38.5 Å². The zero-order chi connectivity index (χ0) is 18.2. The van der Waals surface area contributed by atoms with Gasteiger partial charge < -0.3 is 19.5 Å². The summed E-state index contributed by atoms with van der Waals surface area (Å²) >= 11 is 5.91. The maximum absolute atomic E-state index is 12.1. The molecular formula is C19H22ClNO4. The Morgan fingerprint density at radius 3 is 2.56 bits per heavy atom. The van der Waals surface area contributed by atoms with Crippen molar-refractivity contribution in [2.24, 2.45) is 0 Å².